The number of nitrogens with one attached hydrogen (secondary N) is 1. The van der Waals surface area contributed by atoms with Crippen molar-refractivity contribution >= 4 is 0 Å². The Kier molecular flexibility index (Phi) is 5.51. The zero-order valence-corrected chi connectivity index (χ0v) is 9.52. The summed E-state index contributed by atoms with van der Waals surface area (Å²) in [6.07, 6.45) is -1.99. The first-order valence-corrected chi connectivity index (χ1v) is 5.54. The van der Waals surface area contributed by atoms with Crippen molar-refractivity contribution in [1.82, 2.24) is 10.2 Å². The van der Waals surface area contributed by atoms with Gasteiger partial charge in [0.15, 0.2) is 0 Å². The molecule has 0 aromatic rings. The van der Waals surface area contributed by atoms with Crippen LogP contribution in [0.15, 0.2) is 0 Å². The maximum absolute atomic E-state index is 11.7. The van der Waals surface area contributed by atoms with E-state index in [4.69, 9.17) is 0 Å². The minimum absolute atomic E-state index is 0.111. The summed E-state index contributed by atoms with van der Waals surface area (Å²) >= 11 is 0. The van der Waals surface area contributed by atoms with Gasteiger partial charge in [-0.15, -0.1) is 0 Å². The Balaban J connectivity index is 1.98. The van der Waals surface area contributed by atoms with E-state index < -0.39 is 12.8 Å². The molecule has 0 aliphatic carbocycles. The number of ether oxygens (including phenoxy) is 1. The van der Waals surface area contributed by atoms with E-state index in [0.717, 1.165) is 25.9 Å². The van der Waals surface area contributed by atoms with Crippen LogP contribution in [0.1, 0.15) is 12.8 Å². The van der Waals surface area contributed by atoms with Crippen LogP contribution in [0.4, 0.5) is 13.2 Å². The van der Waals surface area contributed by atoms with E-state index in [1.807, 2.05) is 7.05 Å². The molecule has 0 aromatic carbocycles. The van der Waals surface area contributed by atoms with Crippen LogP contribution in [0.25, 0.3) is 0 Å². The Bertz CT molecular complexity index is 199. The van der Waals surface area contributed by atoms with Gasteiger partial charge in [-0.3, -0.25) is 0 Å². The molecule has 0 spiro atoms. The van der Waals surface area contributed by atoms with Gasteiger partial charge in [-0.25, -0.2) is 0 Å². The summed E-state index contributed by atoms with van der Waals surface area (Å²) in [4.78, 5) is 2.22. The molecule has 6 heteroatoms. The summed E-state index contributed by atoms with van der Waals surface area (Å²) in [6.45, 7) is 1.50. The molecule has 1 N–H and O–H groups in total. The van der Waals surface area contributed by atoms with Crippen molar-refractivity contribution in [1.29, 1.82) is 0 Å². The molecule has 1 heterocycles. The molecule has 1 unspecified atom stereocenters. The summed E-state index contributed by atoms with van der Waals surface area (Å²) in [7, 11) is 2.05. The van der Waals surface area contributed by atoms with Crippen LogP contribution in [-0.2, 0) is 4.74 Å². The van der Waals surface area contributed by atoms with Crippen molar-refractivity contribution < 1.29 is 17.9 Å². The molecule has 16 heavy (non-hydrogen) atoms. The third kappa shape index (κ3) is 6.30. The predicted octanol–water partition coefficient (Wildman–Crippen LogP) is 1.25. The number of hydrogen-bond acceptors (Lipinski definition) is 3. The fourth-order valence-electron chi connectivity index (χ4n) is 1.86. The Morgan fingerprint density at radius 1 is 1.44 bits per heavy atom. The van der Waals surface area contributed by atoms with Gasteiger partial charge in [0, 0.05) is 19.1 Å². The zero-order valence-electron chi connectivity index (χ0n) is 9.52. The molecule has 1 rings (SSSR count). The van der Waals surface area contributed by atoms with Crippen molar-refractivity contribution in [3.63, 3.8) is 0 Å². The second-order valence-electron chi connectivity index (χ2n) is 4.22. The van der Waals surface area contributed by atoms with Crippen molar-refractivity contribution in [2.45, 2.75) is 25.1 Å². The van der Waals surface area contributed by atoms with E-state index in [0.29, 0.717) is 12.6 Å². The van der Waals surface area contributed by atoms with Gasteiger partial charge in [0.1, 0.15) is 6.61 Å². The van der Waals surface area contributed by atoms with Crippen LogP contribution in [0, 0.1) is 0 Å². The molecule has 3 nitrogen and oxygen atoms in total. The normalized spacial score (nSPS) is 23.6. The number of alkyl halides is 3. The Labute approximate surface area is 93.9 Å². The monoisotopic (exact) mass is 240 g/mol. The highest BCUT2D eigenvalue weighted by Crippen LogP contribution is 2.14. The van der Waals surface area contributed by atoms with Gasteiger partial charge >= 0.3 is 6.18 Å². The lowest BCUT2D eigenvalue weighted by Gasteiger charge is -2.30. The molecular formula is C10H19F3N2O. The summed E-state index contributed by atoms with van der Waals surface area (Å²) in [5.74, 6) is 0. The second kappa shape index (κ2) is 6.42. The van der Waals surface area contributed by atoms with E-state index in [1.54, 1.807) is 0 Å². The SMILES string of the molecule is CN1CCCC(NCCOCC(F)(F)F)C1. The third-order valence-electron chi connectivity index (χ3n) is 2.57. The number of likely N-dealkylation sites (tertiary alicyclic amines) is 1. The molecule has 0 saturated carbocycles. The number of nitrogens with zero attached hydrogens (tertiary/aromatic N) is 1. The summed E-state index contributed by atoms with van der Waals surface area (Å²) in [6, 6.07) is 0.383. The Hall–Kier alpha value is -0.330. The molecule has 1 fully saturated rings. The van der Waals surface area contributed by atoms with Crippen molar-refractivity contribution in [3.8, 4) is 0 Å². The molecule has 0 aromatic heterocycles. The lowest BCUT2D eigenvalue weighted by molar-refractivity contribution is -0.173. The highest BCUT2D eigenvalue weighted by molar-refractivity contribution is 4.75. The van der Waals surface area contributed by atoms with Gasteiger partial charge in [-0.1, -0.05) is 0 Å². The largest absolute Gasteiger partial charge is 0.411 e. The maximum atomic E-state index is 11.7. The standard InChI is InChI=1S/C10H19F3N2O/c1-15-5-2-3-9(7-15)14-4-6-16-8-10(11,12)13/h9,14H,2-8H2,1H3. The minimum Gasteiger partial charge on any atom is -0.371 e. The van der Waals surface area contributed by atoms with E-state index >= 15 is 0 Å². The molecule has 0 amide bonds. The number of halogens is 3. The van der Waals surface area contributed by atoms with Gasteiger partial charge in [0.25, 0.3) is 0 Å². The molecule has 1 aliphatic rings. The number of likely N-dealkylation sites (N-methyl/N-ethyl adjacent to an activating group) is 1. The fourth-order valence-corrected chi connectivity index (χ4v) is 1.86. The van der Waals surface area contributed by atoms with Crippen molar-refractivity contribution in [2.24, 2.45) is 0 Å². The topological polar surface area (TPSA) is 24.5 Å². The Morgan fingerprint density at radius 3 is 2.81 bits per heavy atom. The van der Waals surface area contributed by atoms with E-state index in [1.165, 1.54) is 0 Å². The van der Waals surface area contributed by atoms with Gasteiger partial charge in [-0.2, -0.15) is 13.2 Å². The van der Waals surface area contributed by atoms with Gasteiger partial charge < -0.3 is 15.0 Å². The number of hydrogen-bond donors (Lipinski definition) is 1. The predicted molar refractivity (Wildman–Crippen MR) is 55.4 cm³/mol. The van der Waals surface area contributed by atoms with Crippen LogP contribution in [0.2, 0.25) is 0 Å². The first kappa shape index (κ1) is 13.7. The first-order chi connectivity index (χ1) is 7.47. The van der Waals surface area contributed by atoms with E-state index in [2.05, 4.69) is 15.0 Å². The van der Waals surface area contributed by atoms with Gasteiger partial charge in [0.05, 0.1) is 6.61 Å². The molecule has 96 valence electrons. The number of rotatable bonds is 5. The zero-order chi connectivity index (χ0) is 12.0. The highest BCUT2D eigenvalue weighted by atomic mass is 19.4. The molecular weight excluding hydrogens is 221 g/mol. The van der Waals surface area contributed by atoms with Crippen LogP contribution in [0.3, 0.4) is 0 Å². The van der Waals surface area contributed by atoms with E-state index in [-0.39, 0.29) is 6.61 Å². The quantitative estimate of drug-likeness (QED) is 0.732. The van der Waals surface area contributed by atoms with Crippen LogP contribution < -0.4 is 5.32 Å². The molecule has 1 saturated heterocycles. The average Bonchev–Trinajstić information content (AvgIpc) is 2.15. The summed E-state index contributed by atoms with van der Waals surface area (Å²) < 4.78 is 39.7. The van der Waals surface area contributed by atoms with Gasteiger partial charge in [0.2, 0.25) is 0 Å². The first-order valence-electron chi connectivity index (χ1n) is 5.54. The second-order valence-corrected chi connectivity index (χ2v) is 4.22. The Morgan fingerprint density at radius 2 is 2.19 bits per heavy atom. The minimum atomic E-state index is -4.22. The molecule has 0 bridgehead atoms. The van der Waals surface area contributed by atoms with E-state index in [9.17, 15) is 13.2 Å². The highest BCUT2D eigenvalue weighted by Gasteiger charge is 2.27. The smallest absolute Gasteiger partial charge is 0.371 e. The van der Waals surface area contributed by atoms with Crippen LogP contribution in [-0.4, -0.2) is 57.0 Å². The molecule has 1 atom stereocenters. The lowest BCUT2D eigenvalue weighted by atomic mass is 10.1. The summed E-state index contributed by atoms with van der Waals surface area (Å²) in [5.41, 5.74) is 0. The van der Waals surface area contributed by atoms with Gasteiger partial charge in [-0.05, 0) is 26.4 Å². The molecule has 0 radical (unpaired) electrons. The molecule has 1 aliphatic heterocycles. The third-order valence-corrected chi connectivity index (χ3v) is 2.57. The van der Waals surface area contributed by atoms with Crippen molar-refractivity contribution in [3.05, 3.63) is 0 Å². The van der Waals surface area contributed by atoms with Crippen LogP contribution >= 0.6 is 0 Å². The number of piperidine rings is 1. The summed E-state index contributed by atoms with van der Waals surface area (Å²) in [5, 5.41) is 3.20. The van der Waals surface area contributed by atoms with Crippen molar-refractivity contribution in [2.75, 3.05) is 39.9 Å². The average molecular weight is 240 g/mol. The maximum Gasteiger partial charge on any atom is 0.411 e. The van der Waals surface area contributed by atoms with Crippen LogP contribution in [0.5, 0.6) is 0 Å². The fraction of sp³-hybridized carbons (Fsp3) is 1.00. The lowest BCUT2D eigenvalue weighted by Crippen LogP contribution is -2.45.